The van der Waals surface area contributed by atoms with E-state index in [0.717, 1.165) is 0 Å². The summed E-state index contributed by atoms with van der Waals surface area (Å²) in [6.07, 6.45) is 1.43. The number of H-pyrrole nitrogens is 1. The Morgan fingerprint density at radius 3 is 2.43 bits per heavy atom. The Kier molecular flexibility index (Phi) is 6.36. The Morgan fingerprint density at radius 1 is 1.13 bits per heavy atom. The fourth-order valence-electron chi connectivity index (χ4n) is 2.49. The van der Waals surface area contributed by atoms with Crippen LogP contribution in [0.4, 0.5) is 5.82 Å². The minimum absolute atomic E-state index is 0.0117. The molecule has 9 nitrogen and oxygen atoms in total. The first-order valence-electron chi connectivity index (χ1n) is 9.27. The predicted molar refractivity (Wildman–Crippen MR) is 111 cm³/mol. The highest BCUT2D eigenvalue weighted by atomic mass is 32.2. The predicted octanol–water partition coefficient (Wildman–Crippen LogP) is 3.43. The second kappa shape index (κ2) is 8.95. The second-order valence-electron chi connectivity index (χ2n) is 6.59. The van der Waals surface area contributed by atoms with Crippen molar-refractivity contribution in [3.05, 3.63) is 54.2 Å². The highest BCUT2D eigenvalue weighted by molar-refractivity contribution is 7.91. The first kappa shape index (κ1) is 21.3. The summed E-state index contributed by atoms with van der Waals surface area (Å²) >= 11 is 0. The van der Waals surface area contributed by atoms with Crippen LogP contribution in [0.5, 0.6) is 17.5 Å². The number of carbonyl (C=O) groups excluding carboxylic acids is 1. The molecule has 0 radical (unpaired) electrons. The first-order chi connectivity index (χ1) is 14.3. The number of hydrogen-bond acceptors (Lipinski definition) is 7. The largest absolute Gasteiger partial charge is 0.475 e. The SMILES string of the molecule is CCS(=O)(=O)c1ccc(Oc2cc(C(=O)Nc3cc[nH]n3)cc(OC(C)C)n2)cc1. The van der Waals surface area contributed by atoms with Crippen LogP contribution in [-0.4, -0.2) is 41.4 Å². The average Bonchev–Trinajstić information content (AvgIpc) is 3.20. The quantitative estimate of drug-likeness (QED) is 0.561. The second-order valence-corrected chi connectivity index (χ2v) is 8.87. The van der Waals surface area contributed by atoms with E-state index in [0.29, 0.717) is 11.6 Å². The lowest BCUT2D eigenvalue weighted by atomic mass is 10.2. The molecule has 1 aromatic carbocycles. The van der Waals surface area contributed by atoms with Crippen LogP contribution < -0.4 is 14.8 Å². The van der Waals surface area contributed by atoms with Crippen LogP contribution in [0.15, 0.2) is 53.6 Å². The van der Waals surface area contributed by atoms with E-state index in [-0.39, 0.29) is 34.1 Å². The molecule has 30 heavy (non-hydrogen) atoms. The van der Waals surface area contributed by atoms with Crippen molar-refractivity contribution in [1.82, 2.24) is 15.2 Å². The van der Waals surface area contributed by atoms with Gasteiger partial charge in [-0.2, -0.15) is 10.1 Å². The van der Waals surface area contributed by atoms with Gasteiger partial charge in [0.2, 0.25) is 11.8 Å². The van der Waals surface area contributed by atoms with E-state index in [1.54, 1.807) is 19.2 Å². The molecule has 0 saturated carbocycles. The topological polar surface area (TPSA) is 123 Å². The Labute approximate surface area is 174 Å². The molecule has 1 amide bonds. The summed E-state index contributed by atoms with van der Waals surface area (Å²) in [5.74, 6) is 0.701. The van der Waals surface area contributed by atoms with Crippen LogP contribution in [-0.2, 0) is 9.84 Å². The lowest BCUT2D eigenvalue weighted by molar-refractivity contribution is 0.102. The Morgan fingerprint density at radius 2 is 1.83 bits per heavy atom. The molecule has 0 atom stereocenters. The number of rotatable bonds is 8. The maximum atomic E-state index is 12.6. The standard InChI is InChI=1S/C20H22N4O5S/c1-4-30(26,27)16-7-5-15(6-8-16)29-19-12-14(11-18(23-19)28-13(2)3)20(25)22-17-9-10-21-24-17/h5-13H,4H2,1-3H3,(H2,21,22,24,25). The van der Waals surface area contributed by atoms with Gasteiger partial charge in [-0.15, -0.1) is 0 Å². The molecular weight excluding hydrogens is 408 g/mol. The Bertz CT molecular complexity index is 1110. The minimum Gasteiger partial charge on any atom is -0.475 e. The van der Waals surface area contributed by atoms with Gasteiger partial charge in [0.15, 0.2) is 15.7 Å². The van der Waals surface area contributed by atoms with Crippen molar-refractivity contribution in [2.24, 2.45) is 0 Å². The normalized spacial score (nSPS) is 11.3. The zero-order chi connectivity index (χ0) is 21.7. The number of aromatic amines is 1. The number of amides is 1. The van der Waals surface area contributed by atoms with E-state index >= 15 is 0 Å². The number of hydrogen-bond donors (Lipinski definition) is 2. The molecule has 3 aromatic rings. The number of carbonyl (C=O) groups is 1. The molecule has 0 saturated heterocycles. The number of nitrogens with zero attached hydrogens (tertiary/aromatic N) is 2. The van der Waals surface area contributed by atoms with Crippen LogP contribution in [0.1, 0.15) is 31.1 Å². The maximum Gasteiger partial charge on any atom is 0.257 e. The maximum absolute atomic E-state index is 12.6. The summed E-state index contributed by atoms with van der Waals surface area (Å²) in [7, 11) is -3.30. The zero-order valence-electron chi connectivity index (χ0n) is 16.7. The third kappa shape index (κ3) is 5.35. The molecule has 2 N–H and O–H groups in total. The Hall–Kier alpha value is -3.40. The number of pyridine rings is 1. The van der Waals surface area contributed by atoms with Gasteiger partial charge in [0, 0.05) is 24.4 Å². The van der Waals surface area contributed by atoms with Crippen LogP contribution in [0.3, 0.4) is 0 Å². The van der Waals surface area contributed by atoms with Crippen molar-refractivity contribution in [2.45, 2.75) is 31.8 Å². The molecule has 0 bridgehead atoms. The minimum atomic E-state index is -3.30. The van der Waals surface area contributed by atoms with Crippen molar-refractivity contribution < 1.29 is 22.7 Å². The fraction of sp³-hybridized carbons (Fsp3) is 0.250. The van der Waals surface area contributed by atoms with Crippen molar-refractivity contribution in [2.75, 3.05) is 11.1 Å². The van der Waals surface area contributed by atoms with Gasteiger partial charge in [0.1, 0.15) is 5.75 Å². The number of nitrogens with one attached hydrogen (secondary N) is 2. The number of aromatic nitrogens is 3. The summed E-state index contributed by atoms with van der Waals surface area (Å²) in [6.45, 7) is 5.26. The highest BCUT2D eigenvalue weighted by Gasteiger charge is 2.15. The molecule has 0 fully saturated rings. The third-order valence-corrected chi connectivity index (χ3v) is 5.68. The van der Waals surface area contributed by atoms with Crippen molar-refractivity contribution in [1.29, 1.82) is 0 Å². The first-order valence-corrected chi connectivity index (χ1v) is 10.9. The molecule has 158 valence electrons. The lowest BCUT2D eigenvalue weighted by Crippen LogP contribution is -2.14. The molecule has 0 aliphatic heterocycles. The van der Waals surface area contributed by atoms with Gasteiger partial charge in [-0.1, -0.05) is 6.92 Å². The van der Waals surface area contributed by atoms with Crippen LogP contribution in [0.2, 0.25) is 0 Å². The molecular formula is C20H22N4O5S. The van der Waals surface area contributed by atoms with E-state index in [1.165, 1.54) is 36.4 Å². The smallest absolute Gasteiger partial charge is 0.257 e. The average molecular weight is 430 g/mol. The molecule has 10 heteroatoms. The van der Waals surface area contributed by atoms with Crippen LogP contribution in [0.25, 0.3) is 0 Å². The van der Waals surface area contributed by atoms with Gasteiger partial charge in [0.25, 0.3) is 5.91 Å². The number of benzene rings is 1. The molecule has 0 aliphatic carbocycles. The number of sulfone groups is 1. The van der Waals surface area contributed by atoms with E-state index in [9.17, 15) is 13.2 Å². The summed E-state index contributed by atoms with van der Waals surface area (Å²) in [5, 5.41) is 9.17. The fourth-order valence-corrected chi connectivity index (χ4v) is 3.37. The van der Waals surface area contributed by atoms with Crippen molar-refractivity contribution in [3.63, 3.8) is 0 Å². The van der Waals surface area contributed by atoms with E-state index in [2.05, 4.69) is 20.5 Å². The van der Waals surface area contributed by atoms with E-state index in [4.69, 9.17) is 9.47 Å². The van der Waals surface area contributed by atoms with Gasteiger partial charge in [-0.25, -0.2) is 8.42 Å². The van der Waals surface area contributed by atoms with Gasteiger partial charge >= 0.3 is 0 Å². The molecule has 2 aromatic heterocycles. The summed E-state index contributed by atoms with van der Waals surface area (Å²) in [5.41, 5.74) is 0.267. The summed E-state index contributed by atoms with van der Waals surface area (Å²) in [6, 6.07) is 10.6. The van der Waals surface area contributed by atoms with Gasteiger partial charge < -0.3 is 14.8 Å². The summed E-state index contributed by atoms with van der Waals surface area (Å²) in [4.78, 5) is 17.1. The molecule has 0 aliphatic rings. The molecule has 0 unspecified atom stereocenters. The third-order valence-electron chi connectivity index (χ3n) is 3.92. The van der Waals surface area contributed by atoms with Gasteiger partial charge in [-0.05, 0) is 38.1 Å². The van der Waals surface area contributed by atoms with Crippen molar-refractivity contribution >= 4 is 21.6 Å². The zero-order valence-corrected chi connectivity index (χ0v) is 17.6. The summed E-state index contributed by atoms with van der Waals surface area (Å²) < 4.78 is 35.3. The van der Waals surface area contributed by atoms with Gasteiger partial charge in [-0.3, -0.25) is 9.89 Å². The van der Waals surface area contributed by atoms with Crippen molar-refractivity contribution in [3.8, 4) is 17.5 Å². The molecule has 3 rings (SSSR count). The van der Waals surface area contributed by atoms with Crippen LogP contribution >= 0.6 is 0 Å². The van der Waals surface area contributed by atoms with Crippen LogP contribution in [0, 0.1) is 0 Å². The monoisotopic (exact) mass is 430 g/mol. The number of anilines is 1. The highest BCUT2D eigenvalue weighted by Crippen LogP contribution is 2.26. The molecule has 2 heterocycles. The van der Waals surface area contributed by atoms with E-state index < -0.39 is 15.7 Å². The lowest BCUT2D eigenvalue weighted by Gasteiger charge is -2.13. The Balaban J connectivity index is 1.86. The van der Waals surface area contributed by atoms with Gasteiger partial charge in [0.05, 0.1) is 22.3 Å². The van der Waals surface area contributed by atoms with E-state index in [1.807, 2.05) is 13.8 Å². The number of ether oxygens (including phenoxy) is 2. The molecule has 0 spiro atoms.